The van der Waals surface area contributed by atoms with Crippen molar-refractivity contribution < 1.29 is 4.79 Å². The standard InChI is InChI=1S/C15H21N3O/c1-16-15(19)14-5-3-9-18(14)12-7-6-11-4-2-8-17-13(11)10-12/h6-7,10,14,17H,2-5,8-9H2,1H3,(H,16,19). The topological polar surface area (TPSA) is 44.4 Å². The number of carbonyl (C=O) groups excluding carboxylic acids is 1. The van der Waals surface area contributed by atoms with E-state index in [0.29, 0.717) is 0 Å². The number of rotatable bonds is 2. The summed E-state index contributed by atoms with van der Waals surface area (Å²) >= 11 is 0. The second kappa shape index (κ2) is 5.11. The van der Waals surface area contributed by atoms with E-state index in [4.69, 9.17) is 0 Å². The van der Waals surface area contributed by atoms with Gasteiger partial charge in [0.1, 0.15) is 6.04 Å². The van der Waals surface area contributed by atoms with Gasteiger partial charge in [-0.15, -0.1) is 0 Å². The molecule has 1 aromatic rings. The van der Waals surface area contributed by atoms with Gasteiger partial charge in [0.25, 0.3) is 0 Å². The normalized spacial score (nSPS) is 21.7. The number of benzene rings is 1. The van der Waals surface area contributed by atoms with Crippen LogP contribution in [0.3, 0.4) is 0 Å². The Morgan fingerprint density at radius 1 is 1.42 bits per heavy atom. The number of carbonyl (C=O) groups is 1. The summed E-state index contributed by atoms with van der Waals surface area (Å²) in [4.78, 5) is 14.1. The number of hydrogen-bond donors (Lipinski definition) is 2. The SMILES string of the molecule is CNC(=O)C1CCCN1c1ccc2c(c1)NCCC2. The largest absolute Gasteiger partial charge is 0.385 e. The van der Waals surface area contributed by atoms with E-state index >= 15 is 0 Å². The van der Waals surface area contributed by atoms with Crippen LogP contribution in [0.25, 0.3) is 0 Å². The number of nitrogens with zero attached hydrogens (tertiary/aromatic N) is 1. The smallest absolute Gasteiger partial charge is 0.242 e. The Balaban J connectivity index is 1.87. The highest BCUT2D eigenvalue weighted by atomic mass is 16.2. The molecule has 1 aromatic carbocycles. The van der Waals surface area contributed by atoms with Crippen molar-refractivity contribution in [2.24, 2.45) is 0 Å². The van der Waals surface area contributed by atoms with Gasteiger partial charge >= 0.3 is 0 Å². The molecule has 2 heterocycles. The third-order valence-corrected chi connectivity index (χ3v) is 4.17. The van der Waals surface area contributed by atoms with E-state index in [1.54, 1.807) is 7.05 Å². The Bertz CT molecular complexity index is 486. The molecule has 0 aliphatic carbocycles. The number of likely N-dealkylation sites (N-methyl/N-ethyl adjacent to an activating group) is 1. The summed E-state index contributed by atoms with van der Waals surface area (Å²) in [5.74, 6) is 0.128. The van der Waals surface area contributed by atoms with Gasteiger partial charge in [0.15, 0.2) is 0 Å². The Hall–Kier alpha value is -1.71. The van der Waals surface area contributed by atoms with Gasteiger partial charge in [-0.1, -0.05) is 6.07 Å². The van der Waals surface area contributed by atoms with E-state index < -0.39 is 0 Å². The van der Waals surface area contributed by atoms with Gasteiger partial charge < -0.3 is 15.5 Å². The summed E-state index contributed by atoms with van der Waals surface area (Å²) in [5, 5.41) is 6.23. The first-order valence-corrected chi connectivity index (χ1v) is 7.14. The minimum absolute atomic E-state index is 0.00774. The first-order valence-electron chi connectivity index (χ1n) is 7.14. The molecule has 102 valence electrons. The van der Waals surface area contributed by atoms with Gasteiger partial charge in [0.05, 0.1) is 0 Å². The number of hydrogen-bond acceptors (Lipinski definition) is 3. The maximum atomic E-state index is 11.9. The molecule has 0 spiro atoms. The van der Waals surface area contributed by atoms with Crippen molar-refractivity contribution in [3.63, 3.8) is 0 Å². The van der Waals surface area contributed by atoms with Crippen LogP contribution in [0.2, 0.25) is 0 Å². The van der Waals surface area contributed by atoms with Crippen LogP contribution < -0.4 is 15.5 Å². The number of nitrogens with one attached hydrogen (secondary N) is 2. The number of amides is 1. The predicted octanol–water partition coefficient (Wildman–Crippen LogP) is 1.76. The maximum absolute atomic E-state index is 11.9. The lowest BCUT2D eigenvalue weighted by atomic mass is 10.0. The van der Waals surface area contributed by atoms with Crippen LogP contribution in [0, 0.1) is 0 Å². The fraction of sp³-hybridized carbons (Fsp3) is 0.533. The molecule has 0 radical (unpaired) electrons. The zero-order chi connectivity index (χ0) is 13.2. The number of fused-ring (bicyclic) bond motifs is 1. The first kappa shape index (κ1) is 12.3. The maximum Gasteiger partial charge on any atom is 0.242 e. The molecular weight excluding hydrogens is 238 g/mol. The summed E-state index contributed by atoms with van der Waals surface area (Å²) in [6, 6.07) is 6.56. The molecule has 4 nitrogen and oxygen atoms in total. The van der Waals surface area contributed by atoms with Crippen LogP contribution in [-0.2, 0) is 11.2 Å². The van der Waals surface area contributed by atoms with Crippen LogP contribution >= 0.6 is 0 Å². The monoisotopic (exact) mass is 259 g/mol. The first-order chi connectivity index (χ1) is 9.29. The Morgan fingerprint density at radius 2 is 2.32 bits per heavy atom. The van der Waals surface area contributed by atoms with Gasteiger partial charge in [-0.2, -0.15) is 0 Å². The van der Waals surface area contributed by atoms with Gasteiger partial charge in [0.2, 0.25) is 5.91 Å². The molecule has 1 saturated heterocycles. The molecule has 0 bridgehead atoms. The van der Waals surface area contributed by atoms with Crippen molar-refractivity contribution in [1.82, 2.24) is 5.32 Å². The second-order valence-electron chi connectivity index (χ2n) is 5.34. The van der Waals surface area contributed by atoms with E-state index in [-0.39, 0.29) is 11.9 Å². The Morgan fingerprint density at radius 3 is 3.16 bits per heavy atom. The molecule has 1 atom stereocenters. The lowest BCUT2D eigenvalue weighted by Crippen LogP contribution is -2.42. The average Bonchev–Trinajstić information content (AvgIpc) is 2.95. The highest BCUT2D eigenvalue weighted by molar-refractivity contribution is 5.86. The fourth-order valence-electron chi connectivity index (χ4n) is 3.14. The average molecular weight is 259 g/mol. The third-order valence-electron chi connectivity index (χ3n) is 4.17. The zero-order valence-electron chi connectivity index (χ0n) is 11.4. The second-order valence-corrected chi connectivity index (χ2v) is 5.34. The van der Waals surface area contributed by atoms with Crippen LogP contribution in [0.4, 0.5) is 11.4 Å². The number of aryl methyl sites for hydroxylation is 1. The predicted molar refractivity (Wildman–Crippen MR) is 77.7 cm³/mol. The highest BCUT2D eigenvalue weighted by Crippen LogP contribution is 2.31. The molecule has 19 heavy (non-hydrogen) atoms. The molecule has 4 heteroatoms. The van der Waals surface area contributed by atoms with Crippen LogP contribution in [0.15, 0.2) is 18.2 Å². The lowest BCUT2D eigenvalue weighted by Gasteiger charge is -2.27. The summed E-state index contributed by atoms with van der Waals surface area (Å²) in [5.41, 5.74) is 3.80. The van der Waals surface area contributed by atoms with Crippen molar-refractivity contribution in [3.05, 3.63) is 23.8 Å². The van der Waals surface area contributed by atoms with Crippen LogP contribution in [0.5, 0.6) is 0 Å². The molecule has 2 aliphatic heterocycles. The van der Waals surface area contributed by atoms with Crippen molar-refractivity contribution in [1.29, 1.82) is 0 Å². The lowest BCUT2D eigenvalue weighted by molar-refractivity contribution is -0.121. The molecule has 1 amide bonds. The van der Waals surface area contributed by atoms with E-state index in [0.717, 1.165) is 32.4 Å². The number of anilines is 2. The van der Waals surface area contributed by atoms with E-state index in [1.165, 1.54) is 23.4 Å². The molecular formula is C15H21N3O. The molecule has 3 rings (SSSR count). The quantitative estimate of drug-likeness (QED) is 0.850. The third kappa shape index (κ3) is 2.27. The summed E-state index contributed by atoms with van der Waals surface area (Å²) < 4.78 is 0. The molecule has 2 aliphatic rings. The highest BCUT2D eigenvalue weighted by Gasteiger charge is 2.30. The Labute approximate surface area is 114 Å². The molecule has 0 saturated carbocycles. The van der Waals surface area contributed by atoms with Crippen LogP contribution in [0.1, 0.15) is 24.8 Å². The van der Waals surface area contributed by atoms with E-state index in [2.05, 4.69) is 33.7 Å². The summed E-state index contributed by atoms with van der Waals surface area (Å²) in [6.45, 7) is 2.02. The van der Waals surface area contributed by atoms with Gasteiger partial charge in [-0.3, -0.25) is 4.79 Å². The van der Waals surface area contributed by atoms with E-state index in [9.17, 15) is 4.79 Å². The van der Waals surface area contributed by atoms with Crippen molar-refractivity contribution >= 4 is 17.3 Å². The van der Waals surface area contributed by atoms with Gasteiger partial charge in [-0.05, 0) is 43.4 Å². The minimum atomic E-state index is -0.00774. The Kier molecular flexibility index (Phi) is 3.32. The van der Waals surface area contributed by atoms with Crippen molar-refractivity contribution in [3.8, 4) is 0 Å². The fourth-order valence-corrected chi connectivity index (χ4v) is 3.14. The molecule has 1 unspecified atom stereocenters. The minimum Gasteiger partial charge on any atom is -0.385 e. The van der Waals surface area contributed by atoms with Gasteiger partial charge in [0, 0.05) is 31.5 Å². The van der Waals surface area contributed by atoms with E-state index in [1.807, 2.05) is 0 Å². The van der Waals surface area contributed by atoms with Crippen molar-refractivity contribution in [2.45, 2.75) is 31.7 Å². The van der Waals surface area contributed by atoms with Crippen molar-refractivity contribution in [2.75, 3.05) is 30.4 Å². The summed E-state index contributed by atoms with van der Waals surface area (Å²) in [6.07, 6.45) is 4.39. The summed E-state index contributed by atoms with van der Waals surface area (Å²) in [7, 11) is 1.72. The molecule has 0 aromatic heterocycles. The van der Waals surface area contributed by atoms with Crippen LogP contribution in [-0.4, -0.2) is 32.1 Å². The van der Waals surface area contributed by atoms with Gasteiger partial charge in [-0.25, -0.2) is 0 Å². The zero-order valence-corrected chi connectivity index (χ0v) is 11.4. The molecule has 2 N–H and O–H groups in total. The molecule has 1 fully saturated rings.